The van der Waals surface area contributed by atoms with E-state index in [0.29, 0.717) is 31.5 Å². The molecule has 40 heavy (non-hydrogen) atoms. The predicted molar refractivity (Wildman–Crippen MR) is 145 cm³/mol. The van der Waals surface area contributed by atoms with Gasteiger partial charge in [0.25, 0.3) is 0 Å². The van der Waals surface area contributed by atoms with E-state index in [9.17, 15) is 15.2 Å². The van der Waals surface area contributed by atoms with Gasteiger partial charge in [0.1, 0.15) is 12.4 Å². The van der Waals surface area contributed by atoms with E-state index in [2.05, 4.69) is 15.2 Å². The average molecular weight is 557 g/mol. The largest absolute Gasteiger partial charge is 0.497 e. The first-order chi connectivity index (χ1) is 19.2. The van der Waals surface area contributed by atoms with Crippen molar-refractivity contribution in [3.8, 4) is 11.5 Å². The van der Waals surface area contributed by atoms with Gasteiger partial charge in [-0.2, -0.15) is 0 Å². The van der Waals surface area contributed by atoms with Crippen LogP contribution in [0.2, 0.25) is 0 Å². The SMILES string of the molecule is COc1ccc2nccc([C@@H](O)CN3CCC(NCCOc4ccccc4[N+](=O)[O-])CC3)c2c1.O=C(O)C(=O)O. The lowest BCUT2D eigenvalue weighted by Gasteiger charge is -2.33. The summed E-state index contributed by atoms with van der Waals surface area (Å²) in [7, 11) is 1.63. The number of nitrogens with zero attached hydrogens (tertiary/aromatic N) is 3. The Balaban J connectivity index is 0.000000663. The number of benzene rings is 2. The lowest BCUT2D eigenvalue weighted by atomic mass is 10.0. The Morgan fingerprint density at radius 1 is 1.15 bits per heavy atom. The highest BCUT2D eigenvalue weighted by atomic mass is 16.6. The third kappa shape index (κ3) is 8.59. The number of fused-ring (bicyclic) bond motifs is 1. The van der Waals surface area contributed by atoms with E-state index in [-0.39, 0.29) is 5.69 Å². The monoisotopic (exact) mass is 556 g/mol. The lowest BCUT2D eigenvalue weighted by molar-refractivity contribution is -0.385. The molecule has 0 spiro atoms. The Hall–Kier alpha value is -4.33. The van der Waals surface area contributed by atoms with E-state index in [0.717, 1.165) is 48.1 Å². The Morgan fingerprint density at radius 2 is 1.85 bits per heavy atom. The molecule has 0 radical (unpaired) electrons. The first-order valence-corrected chi connectivity index (χ1v) is 12.6. The van der Waals surface area contributed by atoms with Crippen LogP contribution in [0.15, 0.2) is 54.7 Å². The van der Waals surface area contributed by atoms with Crippen LogP contribution in [0.3, 0.4) is 0 Å². The van der Waals surface area contributed by atoms with E-state index in [1.165, 1.54) is 6.07 Å². The van der Waals surface area contributed by atoms with Crippen molar-refractivity contribution in [2.24, 2.45) is 0 Å². The fraction of sp³-hybridized carbons (Fsp3) is 0.370. The molecule has 1 fully saturated rings. The second-order valence-electron chi connectivity index (χ2n) is 9.01. The zero-order chi connectivity index (χ0) is 29.1. The van der Waals surface area contributed by atoms with E-state index in [1.54, 1.807) is 31.5 Å². The number of piperidine rings is 1. The molecule has 1 aliphatic rings. The minimum Gasteiger partial charge on any atom is -0.497 e. The quantitative estimate of drug-likeness (QED) is 0.124. The van der Waals surface area contributed by atoms with Crippen molar-refractivity contribution in [1.82, 2.24) is 15.2 Å². The summed E-state index contributed by atoms with van der Waals surface area (Å²) in [6.45, 7) is 3.30. The molecule has 0 saturated carbocycles. The van der Waals surface area contributed by atoms with Crippen molar-refractivity contribution in [1.29, 1.82) is 0 Å². The van der Waals surface area contributed by atoms with Gasteiger partial charge >= 0.3 is 17.6 Å². The maximum atomic E-state index is 11.1. The molecule has 4 rings (SSSR count). The Bertz CT molecular complexity index is 1300. The van der Waals surface area contributed by atoms with Crippen molar-refractivity contribution >= 4 is 28.5 Å². The summed E-state index contributed by atoms with van der Waals surface area (Å²) in [4.78, 5) is 35.5. The number of aromatic nitrogens is 1. The number of pyridine rings is 1. The number of rotatable bonds is 10. The number of aliphatic hydroxyl groups is 1. The summed E-state index contributed by atoms with van der Waals surface area (Å²) in [5, 5.41) is 41.2. The molecule has 1 aliphatic heterocycles. The van der Waals surface area contributed by atoms with Crippen LogP contribution in [0.1, 0.15) is 24.5 Å². The van der Waals surface area contributed by atoms with Gasteiger partial charge in [-0.25, -0.2) is 9.59 Å². The van der Waals surface area contributed by atoms with Crippen molar-refractivity contribution < 1.29 is 39.3 Å². The number of nitro groups is 1. The minimum atomic E-state index is -1.82. The summed E-state index contributed by atoms with van der Waals surface area (Å²) in [5.74, 6) is -2.61. The van der Waals surface area contributed by atoms with E-state index >= 15 is 0 Å². The van der Waals surface area contributed by atoms with Gasteiger partial charge in [0, 0.05) is 36.8 Å². The molecule has 0 amide bonds. The van der Waals surface area contributed by atoms with Crippen molar-refractivity contribution in [3.63, 3.8) is 0 Å². The van der Waals surface area contributed by atoms with Gasteiger partial charge in [-0.05, 0) is 61.8 Å². The standard InChI is InChI=1S/C25H30N4O5.C2H2O4/c1-33-19-6-7-22-21(16-19)20(8-11-27-22)24(30)17-28-13-9-18(10-14-28)26-12-15-34-25-5-3-2-4-23(25)29(31)32;3-1(4)2(5)6/h2-8,11,16,18,24,26,30H,9-10,12-15,17H2,1H3;(H,3,4)(H,5,6)/t24-;/m0./s1. The number of aliphatic hydroxyl groups excluding tert-OH is 1. The van der Waals surface area contributed by atoms with Gasteiger partial charge in [0.15, 0.2) is 5.75 Å². The summed E-state index contributed by atoms with van der Waals surface area (Å²) >= 11 is 0. The zero-order valence-corrected chi connectivity index (χ0v) is 21.9. The summed E-state index contributed by atoms with van der Waals surface area (Å²) in [5.41, 5.74) is 1.68. The topological polar surface area (TPSA) is 185 Å². The second-order valence-corrected chi connectivity index (χ2v) is 9.01. The predicted octanol–water partition coefficient (Wildman–Crippen LogP) is 2.47. The smallest absolute Gasteiger partial charge is 0.414 e. The molecule has 1 saturated heterocycles. The van der Waals surface area contributed by atoms with E-state index in [1.807, 2.05) is 24.3 Å². The molecule has 3 aromatic rings. The van der Waals surface area contributed by atoms with Gasteiger partial charge in [0.05, 0.1) is 23.7 Å². The number of likely N-dealkylation sites (tertiary alicyclic amines) is 1. The zero-order valence-electron chi connectivity index (χ0n) is 21.9. The van der Waals surface area contributed by atoms with Crippen LogP contribution in [0.25, 0.3) is 10.9 Å². The molecule has 214 valence electrons. The highest BCUT2D eigenvalue weighted by Crippen LogP contribution is 2.28. The molecule has 0 aliphatic carbocycles. The number of carbonyl (C=O) groups is 2. The van der Waals surface area contributed by atoms with Gasteiger partial charge in [-0.15, -0.1) is 0 Å². The molecule has 13 nitrogen and oxygen atoms in total. The fourth-order valence-electron chi connectivity index (χ4n) is 4.38. The first-order valence-electron chi connectivity index (χ1n) is 12.6. The number of hydrogen-bond acceptors (Lipinski definition) is 10. The molecule has 1 atom stereocenters. The normalized spacial score (nSPS) is 14.6. The van der Waals surface area contributed by atoms with Gasteiger partial charge in [-0.3, -0.25) is 15.1 Å². The third-order valence-electron chi connectivity index (χ3n) is 6.40. The molecule has 13 heteroatoms. The number of hydrogen-bond donors (Lipinski definition) is 4. The summed E-state index contributed by atoms with van der Waals surface area (Å²) in [6.07, 6.45) is 3.04. The van der Waals surface area contributed by atoms with Crippen molar-refractivity contribution in [2.75, 3.05) is 39.9 Å². The summed E-state index contributed by atoms with van der Waals surface area (Å²) < 4.78 is 10.9. The number of carboxylic acid groups (broad SMARTS) is 2. The Labute approximate surface area is 230 Å². The molecule has 4 N–H and O–H groups in total. The number of methoxy groups -OCH3 is 1. The van der Waals surface area contributed by atoms with Crippen LogP contribution in [0.4, 0.5) is 5.69 Å². The van der Waals surface area contributed by atoms with Gasteiger partial charge in [-0.1, -0.05) is 12.1 Å². The lowest BCUT2D eigenvalue weighted by Crippen LogP contribution is -2.44. The number of para-hydroxylation sites is 2. The highest BCUT2D eigenvalue weighted by molar-refractivity contribution is 6.27. The van der Waals surface area contributed by atoms with Crippen LogP contribution < -0.4 is 14.8 Å². The van der Waals surface area contributed by atoms with Crippen molar-refractivity contribution in [2.45, 2.75) is 25.0 Å². The van der Waals surface area contributed by atoms with Crippen LogP contribution in [-0.4, -0.2) is 88.0 Å². The molecule has 2 aromatic carbocycles. The van der Waals surface area contributed by atoms with Crippen LogP contribution >= 0.6 is 0 Å². The Kier molecular flexibility index (Phi) is 11.1. The molecule has 0 bridgehead atoms. The molecular formula is C27H32N4O9. The van der Waals surface area contributed by atoms with Crippen LogP contribution in [-0.2, 0) is 9.59 Å². The number of ether oxygens (including phenoxy) is 2. The minimum absolute atomic E-state index is 0.0187. The Morgan fingerprint density at radius 3 is 2.50 bits per heavy atom. The highest BCUT2D eigenvalue weighted by Gasteiger charge is 2.22. The van der Waals surface area contributed by atoms with Gasteiger partial charge in [0.2, 0.25) is 0 Å². The number of aliphatic carboxylic acids is 2. The maximum absolute atomic E-state index is 11.1. The van der Waals surface area contributed by atoms with Gasteiger partial charge < -0.3 is 35.0 Å². The van der Waals surface area contributed by atoms with Crippen LogP contribution in [0.5, 0.6) is 11.5 Å². The molecule has 2 heterocycles. The fourth-order valence-corrected chi connectivity index (χ4v) is 4.38. The van der Waals surface area contributed by atoms with E-state index in [4.69, 9.17) is 29.3 Å². The number of carboxylic acids is 2. The van der Waals surface area contributed by atoms with Crippen LogP contribution in [0, 0.1) is 10.1 Å². The molecule has 0 unspecified atom stereocenters. The first kappa shape index (κ1) is 30.2. The molecule has 1 aromatic heterocycles. The molecular weight excluding hydrogens is 524 g/mol. The average Bonchev–Trinajstić information content (AvgIpc) is 2.95. The number of nitro benzene ring substituents is 1. The summed E-state index contributed by atoms with van der Waals surface area (Å²) in [6, 6.07) is 14.3. The number of nitrogens with one attached hydrogen (secondary N) is 1. The van der Waals surface area contributed by atoms with E-state index < -0.39 is 23.0 Å². The van der Waals surface area contributed by atoms with Crippen molar-refractivity contribution in [3.05, 3.63) is 70.4 Å². The third-order valence-corrected chi connectivity index (χ3v) is 6.40. The number of β-amino-alcohol motifs (C(OH)–C–C–N with tert-alkyl or cyclic N) is 1. The maximum Gasteiger partial charge on any atom is 0.414 e. The second kappa shape index (κ2) is 14.7.